The van der Waals surface area contributed by atoms with Crippen LogP contribution in [0.4, 0.5) is 5.69 Å². The molecular formula is C11H11N3O2S. The number of carbonyl (C=O) groups is 1. The van der Waals surface area contributed by atoms with Crippen LogP contribution in [0.3, 0.4) is 0 Å². The van der Waals surface area contributed by atoms with Crippen molar-refractivity contribution >= 4 is 23.0 Å². The number of aromatic carboxylic acids is 1. The maximum Gasteiger partial charge on any atom is 0.339 e. The molecular weight excluding hydrogens is 238 g/mol. The number of thiazole rings is 1. The summed E-state index contributed by atoms with van der Waals surface area (Å²) in [5.41, 5.74) is 1.52. The van der Waals surface area contributed by atoms with E-state index in [0.717, 1.165) is 10.7 Å². The number of hydrogen-bond donors (Lipinski definition) is 2. The van der Waals surface area contributed by atoms with E-state index < -0.39 is 5.97 Å². The number of carboxylic acids is 1. The molecule has 0 aliphatic carbocycles. The Bertz CT molecular complexity index is 526. The zero-order chi connectivity index (χ0) is 12.3. The van der Waals surface area contributed by atoms with Crippen LogP contribution in [0.2, 0.25) is 0 Å². The molecule has 0 spiro atoms. The molecule has 0 radical (unpaired) electrons. The van der Waals surface area contributed by atoms with E-state index in [1.54, 1.807) is 12.3 Å². The Hall–Kier alpha value is -1.95. The van der Waals surface area contributed by atoms with Crippen molar-refractivity contribution in [1.29, 1.82) is 0 Å². The van der Waals surface area contributed by atoms with Crippen molar-refractivity contribution in [3.8, 4) is 0 Å². The number of pyridine rings is 1. The van der Waals surface area contributed by atoms with Crippen LogP contribution in [-0.4, -0.2) is 21.0 Å². The minimum absolute atomic E-state index is 0.173. The normalized spacial score (nSPS) is 10.2. The maximum absolute atomic E-state index is 11.0. The molecule has 2 heterocycles. The van der Waals surface area contributed by atoms with Crippen LogP contribution in [0.15, 0.2) is 23.8 Å². The van der Waals surface area contributed by atoms with Crippen LogP contribution in [-0.2, 0) is 6.54 Å². The van der Waals surface area contributed by atoms with Gasteiger partial charge in [0.05, 0.1) is 12.2 Å². The summed E-state index contributed by atoms with van der Waals surface area (Å²) in [6, 6.07) is 1.72. The topological polar surface area (TPSA) is 75.1 Å². The monoisotopic (exact) mass is 249 g/mol. The molecule has 2 N–H and O–H groups in total. The lowest BCUT2D eigenvalue weighted by Gasteiger charge is -2.08. The Morgan fingerprint density at radius 2 is 2.35 bits per heavy atom. The summed E-state index contributed by atoms with van der Waals surface area (Å²) in [6.45, 7) is 2.33. The van der Waals surface area contributed by atoms with E-state index in [4.69, 9.17) is 5.11 Å². The molecule has 0 saturated heterocycles. The molecule has 88 valence electrons. The molecule has 0 aromatic carbocycles. The third-order valence-corrected chi connectivity index (χ3v) is 2.96. The first-order valence-corrected chi connectivity index (χ1v) is 5.87. The van der Waals surface area contributed by atoms with Crippen molar-refractivity contribution in [2.45, 2.75) is 13.5 Å². The second-order valence-corrected chi connectivity index (χ2v) is 4.43. The predicted octanol–water partition coefficient (Wildman–Crippen LogP) is 2.16. The molecule has 2 rings (SSSR count). The fourth-order valence-electron chi connectivity index (χ4n) is 1.39. The van der Waals surface area contributed by atoms with Gasteiger partial charge in [0.2, 0.25) is 0 Å². The Kier molecular flexibility index (Phi) is 3.34. The van der Waals surface area contributed by atoms with Gasteiger partial charge in [-0.2, -0.15) is 0 Å². The summed E-state index contributed by atoms with van der Waals surface area (Å²) in [5.74, 6) is -0.987. The molecule has 0 atom stereocenters. The van der Waals surface area contributed by atoms with Crippen LogP contribution in [0.5, 0.6) is 0 Å². The summed E-state index contributed by atoms with van der Waals surface area (Å²) in [4.78, 5) is 19.1. The van der Waals surface area contributed by atoms with Gasteiger partial charge in [-0.1, -0.05) is 0 Å². The van der Waals surface area contributed by atoms with Gasteiger partial charge in [-0.15, -0.1) is 11.3 Å². The quantitative estimate of drug-likeness (QED) is 0.868. The van der Waals surface area contributed by atoms with Crippen LogP contribution in [0.1, 0.15) is 21.1 Å². The predicted molar refractivity (Wildman–Crippen MR) is 65.4 cm³/mol. The molecule has 0 aliphatic rings. The van der Waals surface area contributed by atoms with E-state index in [9.17, 15) is 4.79 Å². The molecule has 5 nitrogen and oxygen atoms in total. The van der Waals surface area contributed by atoms with E-state index in [2.05, 4.69) is 15.3 Å². The van der Waals surface area contributed by atoms with Crippen molar-refractivity contribution in [3.05, 3.63) is 40.1 Å². The molecule has 0 unspecified atom stereocenters. The Morgan fingerprint density at radius 1 is 1.53 bits per heavy atom. The minimum Gasteiger partial charge on any atom is -0.478 e. The molecule has 0 amide bonds. The van der Waals surface area contributed by atoms with Gasteiger partial charge < -0.3 is 10.4 Å². The highest BCUT2D eigenvalue weighted by Crippen LogP contribution is 2.17. The number of anilines is 1. The third-order valence-electron chi connectivity index (χ3n) is 2.18. The maximum atomic E-state index is 11.0. The van der Waals surface area contributed by atoms with Crippen LogP contribution in [0.25, 0.3) is 0 Å². The van der Waals surface area contributed by atoms with Crippen molar-refractivity contribution in [1.82, 2.24) is 9.97 Å². The third kappa shape index (κ3) is 2.79. The Labute approximate surface area is 102 Å². The number of rotatable bonds is 4. The van der Waals surface area contributed by atoms with E-state index in [1.807, 2.05) is 12.3 Å². The van der Waals surface area contributed by atoms with E-state index in [-0.39, 0.29) is 5.56 Å². The van der Waals surface area contributed by atoms with Gasteiger partial charge in [-0.05, 0) is 13.0 Å². The van der Waals surface area contributed by atoms with Gasteiger partial charge in [-0.25, -0.2) is 9.78 Å². The molecule has 2 aromatic heterocycles. The average Bonchev–Trinajstić information content (AvgIpc) is 2.78. The highest BCUT2D eigenvalue weighted by molar-refractivity contribution is 7.09. The molecule has 6 heteroatoms. The molecule has 0 saturated carbocycles. The van der Waals surface area contributed by atoms with Crippen molar-refractivity contribution < 1.29 is 9.90 Å². The highest BCUT2D eigenvalue weighted by Gasteiger charge is 2.10. The fourth-order valence-corrected chi connectivity index (χ4v) is 1.94. The van der Waals surface area contributed by atoms with Crippen LogP contribution >= 0.6 is 11.3 Å². The molecule has 0 bridgehead atoms. The van der Waals surface area contributed by atoms with Gasteiger partial charge in [0, 0.05) is 23.5 Å². The van der Waals surface area contributed by atoms with Gasteiger partial charge in [0.25, 0.3) is 0 Å². The zero-order valence-corrected chi connectivity index (χ0v) is 9.99. The summed E-state index contributed by atoms with van der Waals surface area (Å²) < 4.78 is 0. The first-order valence-electron chi connectivity index (χ1n) is 4.99. The van der Waals surface area contributed by atoms with Crippen molar-refractivity contribution in [3.63, 3.8) is 0 Å². The van der Waals surface area contributed by atoms with Crippen LogP contribution < -0.4 is 5.32 Å². The minimum atomic E-state index is -0.987. The average molecular weight is 249 g/mol. The summed E-state index contributed by atoms with van der Waals surface area (Å²) in [7, 11) is 0. The molecule has 0 aliphatic heterocycles. The van der Waals surface area contributed by atoms with Crippen LogP contribution in [0, 0.1) is 6.92 Å². The number of carboxylic acid groups (broad SMARTS) is 1. The second-order valence-electron chi connectivity index (χ2n) is 3.46. The summed E-state index contributed by atoms with van der Waals surface area (Å²) in [5, 5.41) is 14.9. The summed E-state index contributed by atoms with van der Waals surface area (Å²) in [6.07, 6.45) is 3.08. The van der Waals surface area contributed by atoms with Gasteiger partial charge >= 0.3 is 5.97 Å². The van der Waals surface area contributed by atoms with Crippen molar-refractivity contribution in [2.75, 3.05) is 5.32 Å². The van der Waals surface area contributed by atoms with Gasteiger partial charge in [0.1, 0.15) is 10.6 Å². The Balaban J connectivity index is 2.19. The summed E-state index contributed by atoms with van der Waals surface area (Å²) >= 11 is 1.52. The van der Waals surface area contributed by atoms with E-state index >= 15 is 0 Å². The Morgan fingerprint density at radius 3 is 3.00 bits per heavy atom. The molecule has 0 fully saturated rings. The van der Waals surface area contributed by atoms with Crippen molar-refractivity contribution in [2.24, 2.45) is 0 Å². The lowest BCUT2D eigenvalue weighted by atomic mass is 10.2. The highest BCUT2D eigenvalue weighted by atomic mass is 32.1. The largest absolute Gasteiger partial charge is 0.478 e. The number of hydrogen-bond acceptors (Lipinski definition) is 5. The smallest absolute Gasteiger partial charge is 0.339 e. The number of aromatic nitrogens is 2. The van der Waals surface area contributed by atoms with E-state index in [0.29, 0.717) is 12.2 Å². The molecule has 2 aromatic rings. The molecule has 17 heavy (non-hydrogen) atoms. The number of nitrogens with zero attached hydrogens (tertiary/aromatic N) is 2. The number of nitrogens with one attached hydrogen (secondary N) is 1. The first kappa shape index (κ1) is 11.5. The fraction of sp³-hybridized carbons (Fsp3) is 0.182. The lowest BCUT2D eigenvalue weighted by Crippen LogP contribution is -2.07. The SMILES string of the molecule is Cc1cc(NCc2nccs2)c(C(=O)O)cn1. The van der Waals surface area contributed by atoms with Gasteiger partial charge in [0.15, 0.2) is 0 Å². The standard InChI is InChI=1S/C11H11N3O2S/c1-7-4-9(8(5-13-7)11(15)16)14-6-10-12-2-3-17-10/h2-5H,6H2,1H3,(H,13,14)(H,15,16). The second kappa shape index (κ2) is 4.92. The number of aryl methyl sites for hydroxylation is 1. The van der Waals surface area contributed by atoms with Gasteiger partial charge in [-0.3, -0.25) is 4.98 Å². The first-order chi connectivity index (χ1) is 8.16. The lowest BCUT2D eigenvalue weighted by molar-refractivity contribution is 0.0697. The zero-order valence-electron chi connectivity index (χ0n) is 9.17. The van der Waals surface area contributed by atoms with E-state index in [1.165, 1.54) is 17.5 Å².